The van der Waals surface area contributed by atoms with Crippen LogP contribution in [0.5, 0.6) is 0 Å². The predicted molar refractivity (Wildman–Crippen MR) is 105 cm³/mol. The molecule has 2 rings (SSSR count). The van der Waals surface area contributed by atoms with Gasteiger partial charge in [0.2, 0.25) is 0 Å². The van der Waals surface area contributed by atoms with Crippen LogP contribution < -0.4 is 5.19 Å². The first kappa shape index (κ1) is 19.9. The molecule has 25 heavy (non-hydrogen) atoms. The molecule has 0 amide bonds. The van der Waals surface area contributed by atoms with Gasteiger partial charge in [-0.1, -0.05) is 69.4 Å². The van der Waals surface area contributed by atoms with Crippen LogP contribution in [0.25, 0.3) is 0 Å². The maximum Gasteiger partial charge on any atom is 0.305 e. The fraction of sp³-hybridized carbons (Fsp3) is 0.619. The Labute approximate surface area is 153 Å². The number of aldehydes is 1. The Hall–Kier alpha value is -1.42. The summed E-state index contributed by atoms with van der Waals surface area (Å²) < 4.78 is 5.00. The van der Waals surface area contributed by atoms with Crippen LogP contribution in [0.15, 0.2) is 30.3 Å². The lowest BCUT2D eigenvalue weighted by Gasteiger charge is -2.49. The molecule has 0 N–H and O–H groups in total. The number of hydrogen-bond acceptors (Lipinski definition) is 3. The number of benzene rings is 1. The van der Waals surface area contributed by atoms with Gasteiger partial charge in [0.25, 0.3) is 0 Å². The second-order valence-electron chi connectivity index (χ2n) is 8.42. The van der Waals surface area contributed by atoms with E-state index < -0.39 is 13.5 Å². The molecule has 138 valence electrons. The van der Waals surface area contributed by atoms with Gasteiger partial charge >= 0.3 is 5.97 Å². The standard InChI is InChI=1S/C21H32O3Si/c1-7-21(15-22)14-16(2)20(3,18(21)13-19(23)24-4)25(5,6)17-11-9-8-10-12-17/h8-12,15-16,18H,7,13-14H2,1-6H3/t16-,18-,20+,21-/m1/s1. The molecule has 0 radical (unpaired) electrons. The van der Waals surface area contributed by atoms with Crippen LogP contribution in [0.3, 0.4) is 0 Å². The number of esters is 1. The van der Waals surface area contributed by atoms with Crippen molar-refractivity contribution in [3.05, 3.63) is 30.3 Å². The number of carbonyl (C=O) groups excluding carboxylic acids is 2. The zero-order valence-corrected chi connectivity index (χ0v) is 17.5. The second-order valence-corrected chi connectivity index (χ2v) is 13.3. The van der Waals surface area contributed by atoms with Crippen molar-refractivity contribution in [2.24, 2.45) is 17.3 Å². The van der Waals surface area contributed by atoms with Crippen molar-refractivity contribution in [1.82, 2.24) is 0 Å². The largest absolute Gasteiger partial charge is 0.469 e. The summed E-state index contributed by atoms with van der Waals surface area (Å²) in [7, 11) is -0.527. The molecule has 4 heteroatoms. The highest BCUT2D eigenvalue weighted by atomic mass is 28.3. The lowest BCUT2D eigenvalue weighted by molar-refractivity contribution is -0.143. The zero-order chi connectivity index (χ0) is 18.9. The van der Waals surface area contributed by atoms with Crippen molar-refractivity contribution >= 4 is 25.5 Å². The van der Waals surface area contributed by atoms with E-state index >= 15 is 0 Å². The third-order valence-electron chi connectivity index (χ3n) is 7.46. The average Bonchev–Trinajstić information content (AvgIpc) is 2.85. The summed E-state index contributed by atoms with van der Waals surface area (Å²) in [6.07, 6.45) is 3.09. The van der Waals surface area contributed by atoms with Crippen LogP contribution >= 0.6 is 0 Å². The van der Waals surface area contributed by atoms with Crippen LogP contribution in [0, 0.1) is 17.3 Å². The SMILES string of the molecule is CC[C@]1(C=O)C[C@@H](C)[C@](C)([Si](C)(C)c2ccccc2)[C@H]1CC(=O)OC. The van der Waals surface area contributed by atoms with Crippen molar-refractivity contribution in [2.75, 3.05) is 7.11 Å². The van der Waals surface area contributed by atoms with Gasteiger partial charge in [-0.05, 0) is 29.7 Å². The van der Waals surface area contributed by atoms with Crippen molar-refractivity contribution in [3.63, 3.8) is 0 Å². The lowest BCUT2D eigenvalue weighted by Crippen LogP contribution is -2.56. The molecule has 0 saturated heterocycles. The molecule has 1 fully saturated rings. The molecule has 0 bridgehead atoms. The Morgan fingerprint density at radius 3 is 2.40 bits per heavy atom. The lowest BCUT2D eigenvalue weighted by atomic mass is 9.73. The van der Waals surface area contributed by atoms with Crippen molar-refractivity contribution in [1.29, 1.82) is 0 Å². The smallest absolute Gasteiger partial charge is 0.305 e. The summed E-state index contributed by atoms with van der Waals surface area (Å²) in [6, 6.07) is 10.7. The minimum Gasteiger partial charge on any atom is -0.469 e. The molecule has 1 aliphatic carbocycles. The number of hydrogen-bond donors (Lipinski definition) is 0. The fourth-order valence-electron chi connectivity index (χ4n) is 5.35. The highest BCUT2D eigenvalue weighted by Crippen LogP contribution is 2.67. The number of carbonyl (C=O) groups is 2. The Morgan fingerprint density at radius 1 is 1.32 bits per heavy atom. The Kier molecular flexibility index (Phi) is 5.62. The van der Waals surface area contributed by atoms with Gasteiger partial charge in [-0.3, -0.25) is 4.79 Å². The molecule has 1 aromatic carbocycles. The van der Waals surface area contributed by atoms with Gasteiger partial charge in [-0.2, -0.15) is 0 Å². The third kappa shape index (κ3) is 2.99. The molecular weight excluding hydrogens is 328 g/mol. The average molecular weight is 361 g/mol. The molecule has 4 atom stereocenters. The van der Waals surface area contributed by atoms with Crippen molar-refractivity contribution < 1.29 is 14.3 Å². The maximum absolute atomic E-state index is 12.2. The van der Waals surface area contributed by atoms with Gasteiger partial charge in [0.15, 0.2) is 0 Å². The highest BCUT2D eigenvalue weighted by molar-refractivity contribution is 6.92. The van der Waals surface area contributed by atoms with Gasteiger partial charge in [-0.25, -0.2) is 0 Å². The molecule has 0 unspecified atom stereocenters. The van der Waals surface area contributed by atoms with Crippen LogP contribution in [-0.4, -0.2) is 27.4 Å². The molecule has 0 aromatic heterocycles. The van der Waals surface area contributed by atoms with Crippen LogP contribution in [0.4, 0.5) is 0 Å². The molecule has 1 saturated carbocycles. The van der Waals surface area contributed by atoms with Gasteiger partial charge in [0.05, 0.1) is 15.2 Å². The van der Waals surface area contributed by atoms with E-state index in [2.05, 4.69) is 58.1 Å². The number of methoxy groups -OCH3 is 1. The van der Waals surface area contributed by atoms with E-state index in [-0.39, 0.29) is 16.9 Å². The summed E-state index contributed by atoms with van der Waals surface area (Å²) in [5.74, 6) is 0.198. The third-order valence-corrected chi connectivity index (χ3v) is 12.8. The minimum atomic E-state index is -1.96. The second kappa shape index (κ2) is 7.06. The Balaban J connectivity index is 2.61. The predicted octanol–water partition coefficient (Wildman–Crippen LogP) is 4.18. The normalized spacial score (nSPS) is 32.4. The Morgan fingerprint density at radius 2 is 1.92 bits per heavy atom. The van der Waals surface area contributed by atoms with Crippen LogP contribution in [0.1, 0.15) is 40.0 Å². The van der Waals surface area contributed by atoms with Crippen molar-refractivity contribution in [2.45, 2.75) is 58.2 Å². The quantitative estimate of drug-likeness (QED) is 0.434. The molecular formula is C21H32O3Si. The molecule has 0 aliphatic heterocycles. The summed E-state index contributed by atoms with van der Waals surface area (Å²) >= 11 is 0. The van der Waals surface area contributed by atoms with Gasteiger partial charge in [0, 0.05) is 11.8 Å². The summed E-state index contributed by atoms with van der Waals surface area (Å²) in [5, 5.41) is 1.33. The monoisotopic (exact) mass is 360 g/mol. The molecule has 3 nitrogen and oxygen atoms in total. The summed E-state index contributed by atoms with van der Waals surface area (Å²) in [5.41, 5.74) is -0.429. The first-order valence-electron chi connectivity index (χ1n) is 9.28. The van der Waals surface area contributed by atoms with Gasteiger partial charge < -0.3 is 9.53 Å². The van der Waals surface area contributed by atoms with E-state index in [0.29, 0.717) is 12.3 Å². The van der Waals surface area contributed by atoms with E-state index in [4.69, 9.17) is 4.74 Å². The topological polar surface area (TPSA) is 43.4 Å². The number of ether oxygens (including phenoxy) is 1. The number of rotatable bonds is 6. The van der Waals surface area contributed by atoms with Crippen LogP contribution in [0.2, 0.25) is 18.1 Å². The molecule has 1 aliphatic rings. The molecule has 1 aromatic rings. The Bertz CT molecular complexity index is 627. The first-order chi connectivity index (χ1) is 11.7. The van der Waals surface area contributed by atoms with E-state index in [9.17, 15) is 9.59 Å². The minimum absolute atomic E-state index is 0.0202. The fourth-order valence-corrected chi connectivity index (χ4v) is 9.59. The summed E-state index contributed by atoms with van der Waals surface area (Å²) in [6.45, 7) is 11.4. The maximum atomic E-state index is 12.2. The summed E-state index contributed by atoms with van der Waals surface area (Å²) in [4.78, 5) is 24.4. The van der Waals surface area contributed by atoms with E-state index in [0.717, 1.165) is 19.1 Å². The zero-order valence-electron chi connectivity index (χ0n) is 16.5. The molecule has 0 heterocycles. The van der Waals surface area contributed by atoms with E-state index in [1.807, 2.05) is 6.07 Å². The molecule has 0 spiro atoms. The van der Waals surface area contributed by atoms with Gasteiger partial charge in [0.1, 0.15) is 6.29 Å². The van der Waals surface area contributed by atoms with E-state index in [1.54, 1.807) is 0 Å². The van der Waals surface area contributed by atoms with Gasteiger partial charge in [-0.15, -0.1) is 0 Å². The highest BCUT2D eigenvalue weighted by Gasteiger charge is 2.64. The van der Waals surface area contributed by atoms with E-state index in [1.165, 1.54) is 12.3 Å². The first-order valence-corrected chi connectivity index (χ1v) is 12.3. The van der Waals surface area contributed by atoms with Crippen molar-refractivity contribution in [3.8, 4) is 0 Å². The van der Waals surface area contributed by atoms with Crippen LogP contribution in [-0.2, 0) is 14.3 Å².